The van der Waals surface area contributed by atoms with Gasteiger partial charge in [0, 0.05) is 62.6 Å². The fourth-order valence-corrected chi connectivity index (χ4v) is 5.29. The molecule has 0 aliphatic carbocycles. The number of aryl methyl sites for hydroxylation is 1. The molecule has 0 spiro atoms. The molecule has 62 heavy (non-hydrogen) atoms. The highest BCUT2D eigenvalue weighted by atomic mass is 79.9. The number of benzene rings is 5. The normalized spacial score (nSPS) is 9.89. The van der Waals surface area contributed by atoms with Gasteiger partial charge in [0.2, 0.25) is 0 Å². The fourth-order valence-electron chi connectivity index (χ4n) is 4.71. The molecule has 0 saturated heterocycles. The number of nitrogens with one attached hydrogen (secondary N) is 5. The lowest BCUT2D eigenvalue weighted by atomic mass is 10.1. The second-order valence-corrected chi connectivity index (χ2v) is 13.0. The number of ether oxygens (including phenoxy) is 1. The minimum atomic E-state index is -4.57. The number of methoxy groups -OCH3 is 1. The predicted molar refractivity (Wildman–Crippen MR) is 236 cm³/mol. The van der Waals surface area contributed by atoms with E-state index in [2.05, 4.69) is 42.5 Å². The Morgan fingerprint density at radius 2 is 0.952 bits per heavy atom. The number of hydrogen-bond donors (Lipinski definition) is 5. The van der Waals surface area contributed by atoms with Gasteiger partial charge < -0.3 is 31.3 Å². The maximum Gasteiger partial charge on any atom is 0.416 e. The van der Waals surface area contributed by atoms with E-state index in [-0.39, 0.29) is 22.7 Å². The highest BCUT2D eigenvalue weighted by Crippen LogP contribution is 2.35. The molecule has 0 heterocycles. The smallest absolute Gasteiger partial charge is 0.416 e. The molecule has 5 rings (SSSR count). The SMILES string of the molecule is CNc1ccc(Br)cc1[N+](=O)[O-].CNc1ccc(C(F)(F)F)cc1[N+](=O)[O-].CNc1ccc(Cl)cc1C.CNc1ccc(F)cc1[N+](=O)[O-].CNc1ccc(OC)cc1[N+](=O)[O-]. The van der Waals surface area contributed by atoms with Crippen LogP contribution in [0.3, 0.4) is 0 Å². The monoisotopic (exact) mass is 957 g/mol. The average molecular weight is 959 g/mol. The number of anilines is 5. The number of nitrogens with zero attached hydrogens (tertiary/aromatic N) is 4. The zero-order valence-corrected chi connectivity index (χ0v) is 36.2. The summed E-state index contributed by atoms with van der Waals surface area (Å²) in [5, 5.41) is 56.2. The van der Waals surface area contributed by atoms with Crippen molar-refractivity contribution in [2.45, 2.75) is 13.1 Å². The highest BCUT2D eigenvalue weighted by Gasteiger charge is 2.32. The summed E-state index contributed by atoms with van der Waals surface area (Å²) in [7, 11) is 9.59. The van der Waals surface area contributed by atoms with Gasteiger partial charge in [0.15, 0.2) is 0 Å². The van der Waals surface area contributed by atoms with Crippen molar-refractivity contribution < 1.29 is 42.0 Å². The summed E-state index contributed by atoms with van der Waals surface area (Å²) in [6.07, 6.45) is -4.57. The van der Waals surface area contributed by atoms with Crippen LogP contribution >= 0.6 is 27.5 Å². The molecule has 0 aliphatic heterocycles. The first-order valence-electron chi connectivity index (χ1n) is 17.3. The van der Waals surface area contributed by atoms with E-state index in [0.29, 0.717) is 33.4 Å². The molecule has 5 N–H and O–H groups in total. The molecule has 5 aromatic rings. The molecule has 0 aliphatic rings. The highest BCUT2D eigenvalue weighted by molar-refractivity contribution is 9.10. The Kier molecular flexibility index (Phi) is 21.9. The van der Waals surface area contributed by atoms with Gasteiger partial charge in [-0.3, -0.25) is 40.5 Å². The summed E-state index contributed by atoms with van der Waals surface area (Å²) in [5.41, 5.74) is 1.87. The molecule has 0 saturated carbocycles. The summed E-state index contributed by atoms with van der Waals surface area (Å²) in [6.45, 7) is 2.03. The predicted octanol–water partition coefficient (Wildman–Crippen LogP) is 11.2. The van der Waals surface area contributed by atoms with E-state index in [4.69, 9.17) is 16.3 Å². The van der Waals surface area contributed by atoms with Crippen molar-refractivity contribution in [2.75, 3.05) is 68.9 Å². The molecule has 0 fully saturated rings. The lowest BCUT2D eigenvalue weighted by Gasteiger charge is -2.08. The van der Waals surface area contributed by atoms with Crippen LogP contribution in [-0.2, 0) is 6.18 Å². The maximum absolute atomic E-state index is 12.5. The summed E-state index contributed by atoms with van der Waals surface area (Å²) in [6, 6.07) is 21.0. The van der Waals surface area contributed by atoms with Crippen molar-refractivity contribution in [3.63, 3.8) is 0 Å². The zero-order valence-electron chi connectivity index (χ0n) is 33.9. The molecule has 18 nitrogen and oxygen atoms in total. The number of halogens is 6. The van der Waals surface area contributed by atoms with E-state index in [9.17, 15) is 58.0 Å². The lowest BCUT2D eigenvalue weighted by molar-refractivity contribution is -0.384. The first kappa shape index (κ1) is 53.0. The molecule has 0 atom stereocenters. The quantitative estimate of drug-likeness (QED) is 0.0497. The van der Waals surface area contributed by atoms with E-state index < -0.39 is 42.9 Å². The molecule has 5 aromatic carbocycles. The fraction of sp³-hybridized carbons (Fsp3) is 0.211. The summed E-state index contributed by atoms with van der Waals surface area (Å²) >= 11 is 8.91. The van der Waals surface area contributed by atoms with Gasteiger partial charge in [-0.15, -0.1) is 0 Å². The van der Waals surface area contributed by atoms with Crippen molar-refractivity contribution >= 4 is 78.7 Å². The Morgan fingerprint density at radius 1 is 0.565 bits per heavy atom. The second kappa shape index (κ2) is 25.6. The first-order valence-corrected chi connectivity index (χ1v) is 18.5. The third kappa shape index (κ3) is 16.9. The van der Waals surface area contributed by atoms with Crippen molar-refractivity contribution in [3.05, 3.63) is 158 Å². The van der Waals surface area contributed by atoms with E-state index in [1.807, 2.05) is 32.2 Å². The largest absolute Gasteiger partial charge is 0.496 e. The summed E-state index contributed by atoms with van der Waals surface area (Å²) in [5.74, 6) is -0.133. The number of nitro groups is 4. The van der Waals surface area contributed by atoms with Crippen LogP contribution < -0.4 is 31.3 Å². The number of hydrogen-bond acceptors (Lipinski definition) is 14. The van der Waals surface area contributed by atoms with E-state index in [1.54, 1.807) is 45.4 Å². The third-order valence-electron chi connectivity index (χ3n) is 7.77. The van der Waals surface area contributed by atoms with Crippen LogP contribution in [0.2, 0.25) is 5.02 Å². The zero-order chi connectivity index (χ0) is 47.3. The van der Waals surface area contributed by atoms with Crippen molar-refractivity contribution in [1.29, 1.82) is 0 Å². The topological polar surface area (TPSA) is 242 Å². The van der Waals surface area contributed by atoms with Gasteiger partial charge in [-0.25, -0.2) is 4.39 Å². The van der Waals surface area contributed by atoms with Gasteiger partial charge in [-0.05, 0) is 79.2 Å². The number of alkyl halides is 3. The Labute approximate surface area is 365 Å². The Morgan fingerprint density at radius 3 is 1.37 bits per heavy atom. The molecule has 0 amide bonds. The lowest BCUT2D eigenvalue weighted by Crippen LogP contribution is -2.06. The van der Waals surface area contributed by atoms with Crippen LogP contribution in [0.5, 0.6) is 5.75 Å². The van der Waals surface area contributed by atoms with Crippen LogP contribution in [-0.4, -0.2) is 62.0 Å². The molecular formula is C38H41BrClF4N9O9. The summed E-state index contributed by atoms with van der Waals surface area (Å²) < 4.78 is 54.8. The number of rotatable bonds is 10. The number of nitro benzene ring substituents is 4. The van der Waals surface area contributed by atoms with Crippen LogP contribution in [0.15, 0.2) is 95.5 Å². The van der Waals surface area contributed by atoms with Gasteiger partial charge in [-0.1, -0.05) is 27.5 Å². The van der Waals surface area contributed by atoms with E-state index >= 15 is 0 Å². The van der Waals surface area contributed by atoms with Crippen LogP contribution in [0.25, 0.3) is 0 Å². The summed E-state index contributed by atoms with van der Waals surface area (Å²) in [4.78, 5) is 39.5. The molecule has 0 unspecified atom stereocenters. The molecule has 334 valence electrons. The Balaban J connectivity index is 0.000000390. The van der Waals surface area contributed by atoms with E-state index in [1.165, 1.54) is 44.0 Å². The minimum Gasteiger partial charge on any atom is -0.496 e. The van der Waals surface area contributed by atoms with Crippen molar-refractivity contribution in [2.24, 2.45) is 0 Å². The molecule has 0 aromatic heterocycles. The standard InChI is InChI=1S/C8H10ClN.C8H7F3N2O2.C8H10N2O3.C7H7BrN2O2.C7H7FN2O2/c1-6-5-7(9)3-4-8(6)10-2;1-12-6-3-2-5(8(9,10)11)4-7(6)13(14)15;1-9-7-4-3-6(13-2)5-8(7)10(11)12;2*1-9-6-3-2-5(8)4-7(6)10(11)12/h3-5,10H,1-2H3;2-4,12H,1H3;3-5,9H,1-2H3;2*2-4,9H,1H3. The Bertz CT molecular complexity index is 2260. The van der Waals surface area contributed by atoms with E-state index in [0.717, 1.165) is 28.9 Å². The van der Waals surface area contributed by atoms with Gasteiger partial charge in [0.25, 0.3) is 22.7 Å². The van der Waals surface area contributed by atoms with Gasteiger partial charge in [0.05, 0.1) is 44.5 Å². The molecule has 0 bridgehead atoms. The van der Waals surface area contributed by atoms with Crippen LogP contribution in [0.4, 0.5) is 68.7 Å². The maximum atomic E-state index is 12.5. The first-order chi connectivity index (χ1) is 29.1. The molecule has 0 radical (unpaired) electrons. The van der Waals surface area contributed by atoms with Crippen LogP contribution in [0.1, 0.15) is 11.1 Å². The van der Waals surface area contributed by atoms with Gasteiger partial charge in [0.1, 0.15) is 34.3 Å². The van der Waals surface area contributed by atoms with Crippen LogP contribution in [0, 0.1) is 53.2 Å². The van der Waals surface area contributed by atoms with Gasteiger partial charge in [-0.2, -0.15) is 13.2 Å². The third-order valence-corrected chi connectivity index (χ3v) is 8.50. The van der Waals surface area contributed by atoms with Gasteiger partial charge >= 0.3 is 6.18 Å². The van der Waals surface area contributed by atoms with Crippen molar-refractivity contribution in [3.8, 4) is 5.75 Å². The second-order valence-electron chi connectivity index (χ2n) is 11.7. The average Bonchev–Trinajstić information content (AvgIpc) is 3.23. The molecule has 24 heteroatoms. The Hall–Kier alpha value is -7.01. The molecular weight excluding hydrogens is 918 g/mol. The van der Waals surface area contributed by atoms with Crippen molar-refractivity contribution in [1.82, 2.24) is 0 Å². The minimum absolute atomic E-state index is 0.0156.